The van der Waals surface area contributed by atoms with Crippen LogP contribution in [0.3, 0.4) is 0 Å². The molecule has 0 saturated heterocycles. The van der Waals surface area contributed by atoms with Crippen molar-refractivity contribution in [2.75, 3.05) is 0 Å². The average Bonchev–Trinajstić information content (AvgIpc) is 2.46. The van der Waals surface area contributed by atoms with E-state index in [1.54, 1.807) is 0 Å². The number of hydrogen-bond donors (Lipinski definition) is 1. The fraction of sp³-hybridized carbons (Fsp3) is 0.294. The van der Waals surface area contributed by atoms with Gasteiger partial charge in [0.05, 0.1) is 0 Å². The zero-order valence-corrected chi connectivity index (χ0v) is 11.6. The summed E-state index contributed by atoms with van der Waals surface area (Å²) >= 11 is 0. The van der Waals surface area contributed by atoms with E-state index in [9.17, 15) is 0 Å². The minimum atomic E-state index is 0.0353. The first kappa shape index (κ1) is 13.6. The molecule has 0 aromatic heterocycles. The van der Waals surface area contributed by atoms with Crippen LogP contribution >= 0.6 is 0 Å². The molecular weight excluding hydrogens is 234 g/mol. The van der Waals surface area contributed by atoms with Crippen LogP contribution in [0.1, 0.15) is 36.1 Å². The van der Waals surface area contributed by atoms with Crippen molar-refractivity contribution in [3.05, 3.63) is 65.2 Å². The van der Waals surface area contributed by atoms with Gasteiger partial charge < -0.3 is 10.5 Å². The zero-order chi connectivity index (χ0) is 13.7. The maximum Gasteiger partial charge on any atom is 0.124 e. The van der Waals surface area contributed by atoms with Crippen molar-refractivity contribution in [1.29, 1.82) is 0 Å². The van der Waals surface area contributed by atoms with Crippen molar-refractivity contribution in [1.82, 2.24) is 0 Å². The molecule has 1 atom stereocenters. The normalized spacial score (nSPS) is 12.2. The Balaban J connectivity index is 2.14. The van der Waals surface area contributed by atoms with Crippen molar-refractivity contribution in [3.8, 4) is 5.75 Å². The van der Waals surface area contributed by atoms with E-state index in [0.29, 0.717) is 6.61 Å². The van der Waals surface area contributed by atoms with Gasteiger partial charge in [0, 0.05) is 11.6 Å². The highest BCUT2D eigenvalue weighted by Crippen LogP contribution is 2.26. The number of aryl methyl sites for hydroxylation is 1. The molecule has 2 N–H and O–H groups in total. The smallest absolute Gasteiger partial charge is 0.124 e. The van der Waals surface area contributed by atoms with Gasteiger partial charge in [0.15, 0.2) is 0 Å². The molecule has 0 fully saturated rings. The number of benzene rings is 2. The number of para-hydroxylation sites is 1. The van der Waals surface area contributed by atoms with Gasteiger partial charge in [0.25, 0.3) is 0 Å². The summed E-state index contributed by atoms with van der Waals surface area (Å²) < 4.78 is 5.95. The molecule has 2 aromatic rings. The van der Waals surface area contributed by atoms with Gasteiger partial charge >= 0.3 is 0 Å². The van der Waals surface area contributed by atoms with Gasteiger partial charge in [-0.25, -0.2) is 0 Å². The molecular formula is C17H21NO. The van der Waals surface area contributed by atoms with Crippen LogP contribution in [-0.2, 0) is 6.61 Å². The minimum Gasteiger partial charge on any atom is -0.489 e. The molecule has 0 aliphatic carbocycles. The minimum absolute atomic E-state index is 0.0353. The van der Waals surface area contributed by atoms with Crippen molar-refractivity contribution in [2.45, 2.75) is 32.9 Å². The number of hydrogen-bond acceptors (Lipinski definition) is 2. The summed E-state index contributed by atoms with van der Waals surface area (Å²) in [5, 5.41) is 0. The molecule has 2 nitrogen and oxygen atoms in total. The average molecular weight is 255 g/mol. The summed E-state index contributed by atoms with van der Waals surface area (Å²) in [5.74, 6) is 0.889. The third-order valence-corrected chi connectivity index (χ3v) is 3.40. The van der Waals surface area contributed by atoms with Crippen LogP contribution in [0, 0.1) is 6.92 Å². The van der Waals surface area contributed by atoms with Gasteiger partial charge in [-0.05, 0) is 30.5 Å². The van der Waals surface area contributed by atoms with Crippen LogP contribution in [-0.4, -0.2) is 0 Å². The van der Waals surface area contributed by atoms with E-state index < -0.39 is 0 Å². The Morgan fingerprint density at radius 3 is 2.47 bits per heavy atom. The molecule has 19 heavy (non-hydrogen) atoms. The van der Waals surface area contributed by atoms with Crippen LogP contribution in [0.25, 0.3) is 0 Å². The summed E-state index contributed by atoms with van der Waals surface area (Å²) in [7, 11) is 0. The highest BCUT2D eigenvalue weighted by Gasteiger charge is 2.10. The summed E-state index contributed by atoms with van der Waals surface area (Å²) in [6.07, 6.45) is 0.907. The molecule has 0 unspecified atom stereocenters. The lowest BCUT2D eigenvalue weighted by Crippen LogP contribution is -2.11. The predicted molar refractivity (Wildman–Crippen MR) is 79.2 cm³/mol. The Bertz CT molecular complexity index is 536. The van der Waals surface area contributed by atoms with Crippen molar-refractivity contribution in [2.24, 2.45) is 5.73 Å². The van der Waals surface area contributed by atoms with Gasteiger partial charge in [-0.1, -0.05) is 49.4 Å². The lowest BCUT2D eigenvalue weighted by molar-refractivity contribution is 0.300. The molecule has 0 heterocycles. The SMILES string of the molecule is CC[C@H](N)c1ccccc1OCc1ccccc1C. The van der Waals surface area contributed by atoms with Gasteiger partial charge in [-0.2, -0.15) is 0 Å². The highest BCUT2D eigenvalue weighted by molar-refractivity contribution is 5.36. The monoisotopic (exact) mass is 255 g/mol. The molecule has 2 rings (SSSR count). The second kappa shape index (κ2) is 6.39. The molecule has 100 valence electrons. The summed E-state index contributed by atoms with van der Waals surface area (Å²) in [6.45, 7) is 4.77. The topological polar surface area (TPSA) is 35.2 Å². The molecule has 0 spiro atoms. The van der Waals surface area contributed by atoms with Crippen molar-refractivity contribution >= 4 is 0 Å². The standard InChI is InChI=1S/C17H21NO/c1-3-16(18)15-10-6-7-11-17(15)19-12-14-9-5-4-8-13(14)2/h4-11,16H,3,12,18H2,1-2H3/t16-/m0/s1. The largest absolute Gasteiger partial charge is 0.489 e. The van der Waals surface area contributed by atoms with E-state index in [1.165, 1.54) is 11.1 Å². The summed E-state index contributed by atoms with van der Waals surface area (Å²) in [4.78, 5) is 0. The maximum absolute atomic E-state index is 6.11. The van der Waals surface area contributed by atoms with E-state index in [0.717, 1.165) is 17.7 Å². The van der Waals surface area contributed by atoms with Gasteiger partial charge in [0.2, 0.25) is 0 Å². The molecule has 0 bridgehead atoms. The van der Waals surface area contributed by atoms with Gasteiger partial charge in [-0.15, -0.1) is 0 Å². The Hall–Kier alpha value is -1.80. The third kappa shape index (κ3) is 3.36. The Morgan fingerprint density at radius 1 is 1.05 bits per heavy atom. The lowest BCUT2D eigenvalue weighted by atomic mass is 10.0. The molecule has 0 aliphatic rings. The molecule has 0 amide bonds. The molecule has 0 radical (unpaired) electrons. The Labute approximate surface area is 115 Å². The van der Waals surface area contributed by atoms with E-state index in [4.69, 9.17) is 10.5 Å². The van der Waals surface area contributed by atoms with E-state index in [-0.39, 0.29) is 6.04 Å². The zero-order valence-electron chi connectivity index (χ0n) is 11.6. The van der Waals surface area contributed by atoms with Crippen LogP contribution in [0.2, 0.25) is 0 Å². The second-order valence-electron chi connectivity index (χ2n) is 4.77. The highest BCUT2D eigenvalue weighted by atomic mass is 16.5. The summed E-state index contributed by atoms with van der Waals surface area (Å²) in [6, 6.07) is 16.3. The van der Waals surface area contributed by atoms with Crippen molar-refractivity contribution in [3.63, 3.8) is 0 Å². The Kier molecular flexibility index (Phi) is 4.58. The fourth-order valence-electron chi connectivity index (χ4n) is 2.07. The quantitative estimate of drug-likeness (QED) is 0.877. The van der Waals surface area contributed by atoms with E-state index in [2.05, 4.69) is 26.0 Å². The summed E-state index contributed by atoms with van der Waals surface area (Å²) in [5.41, 5.74) is 9.66. The second-order valence-corrected chi connectivity index (χ2v) is 4.77. The third-order valence-electron chi connectivity index (χ3n) is 3.40. The maximum atomic E-state index is 6.11. The van der Waals surface area contributed by atoms with Gasteiger partial charge in [-0.3, -0.25) is 0 Å². The lowest BCUT2D eigenvalue weighted by Gasteiger charge is -2.16. The predicted octanol–water partition coefficient (Wildman–Crippen LogP) is 3.98. The van der Waals surface area contributed by atoms with Crippen molar-refractivity contribution < 1.29 is 4.74 Å². The first-order valence-corrected chi connectivity index (χ1v) is 6.74. The van der Waals surface area contributed by atoms with Crippen LogP contribution in [0.15, 0.2) is 48.5 Å². The number of rotatable bonds is 5. The first-order chi connectivity index (χ1) is 9.22. The van der Waals surface area contributed by atoms with E-state index >= 15 is 0 Å². The van der Waals surface area contributed by atoms with Crippen LogP contribution < -0.4 is 10.5 Å². The number of ether oxygens (including phenoxy) is 1. The van der Waals surface area contributed by atoms with E-state index in [1.807, 2.05) is 36.4 Å². The fourth-order valence-corrected chi connectivity index (χ4v) is 2.07. The molecule has 2 aromatic carbocycles. The van der Waals surface area contributed by atoms with Crippen LogP contribution in [0.4, 0.5) is 0 Å². The van der Waals surface area contributed by atoms with Crippen LogP contribution in [0.5, 0.6) is 5.75 Å². The molecule has 2 heteroatoms. The number of nitrogens with two attached hydrogens (primary N) is 1. The molecule has 0 saturated carbocycles. The Morgan fingerprint density at radius 2 is 1.74 bits per heavy atom. The van der Waals surface area contributed by atoms with Gasteiger partial charge in [0.1, 0.15) is 12.4 Å². The first-order valence-electron chi connectivity index (χ1n) is 6.74. The molecule has 0 aliphatic heterocycles.